The second-order valence-corrected chi connectivity index (χ2v) is 8.37. The number of hydrogen-bond donors (Lipinski definition) is 2. The van der Waals surface area contributed by atoms with Crippen molar-refractivity contribution < 1.29 is 4.74 Å². The Kier molecular flexibility index (Phi) is 10.9. The number of ether oxygens (including phenoxy) is 1. The Bertz CT molecular complexity index is 789. The highest BCUT2D eigenvalue weighted by molar-refractivity contribution is 14.0. The van der Waals surface area contributed by atoms with Gasteiger partial charge >= 0.3 is 0 Å². The number of aromatic nitrogens is 1. The summed E-state index contributed by atoms with van der Waals surface area (Å²) in [4.78, 5) is 11.6. The van der Waals surface area contributed by atoms with Crippen LogP contribution in [0.15, 0.2) is 34.6 Å². The summed E-state index contributed by atoms with van der Waals surface area (Å²) in [5.74, 6) is 2.42. The number of piperidine rings is 1. The van der Waals surface area contributed by atoms with E-state index >= 15 is 0 Å². The van der Waals surface area contributed by atoms with Crippen LogP contribution in [0.4, 0.5) is 0 Å². The molecule has 166 valence electrons. The van der Waals surface area contributed by atoms with Gasteiger partial charge in [-0.15, -0.1) is 35.3 Å². The molecule has 8 heteroatoms. The van der Waals surface area contributed by atoms with Crippen molar-refractivity contribution in [2.75, 3.05) is 33.8 Å². The standard InChI is InChI=1S/C22H33N5OS.HI/c1-4-21-26-19(16-29-21)15-27-11-9-17(10-12-27)13-24-22(23-2)25-14-18-7-5-6-8-20(18)28-3;/h5-8,16-17H,4,9-15H2,1-3H3,(H2,23,24,25);1H. The maximum atomic E-state index is 5.42. The van der Waals surface area contributed by atoms with Crippen LogP contribution in [0.25, 0.3) is 0 Å². The van der Waals surface area contributed by atoms with Crippen molar-refractivity contribution in [1.82, 2.24) is 20.5 Å². The average Bonchev–Trinajstić information content (AvgIpc) is 3.22. The van der Waals surface area contributed by atoms with E-state index in [-0.39, 0.29) is 24.0 Å². The number of para-hydroxylation sites is 1. The van der Waals surface area contributed by atoms with Crippen LogP contribution in [0, 0.1) is 5.92 Å². The Labute approximate surface area is 201 Å². The fourth-order valence-corrected chi connectivity index (χ4v) is 4.39. The number of nitrogens with one attached hydrogen (secondary N) is 2. The quantitative estimate of drug-likeness (QED) is 0.301. The smallest absolute Gasteiger partial charge is 0.191 e. The lowest BCUT2D eigenvalue weighted by Crippen LogP contribution is -2.42. The molecule has 2 N–H and O–H groups in total. The second kappa shape index (κ2) is 13.1. The Morgan fingerprint density at radius 2 is 2.03 bits per heavy atom. The van der Waals surface area contributed by atoms with Crippen molar-refractivity contribution in [2.24, 2.45) is 10.9 Å². The highest BCUT2D eigenvalue weighted by atomic mass is 127. The molecule has 1 aliphatic rings. The number of nitrogens with zero attached hydrogens (tertiary/aromatic N) is 3. The van der Waals surface area contributed by atoms with Gasteiger partial charge in [-0.3, -0.25) is 9.89 Å². The van der Waals surface area contributed by atoms with Gasteiger partial charge in [0.25, 0.3) is 0 Å². The molecule has 0 atom stereocenters. The molecule has 0 bridgehead atoms. The minimum Gasteiger partial charge on any atom is -0.496 e. The van der Waals surface area contributed by atoms with Crippen molar-refractivity contribution in [2.45, 2.75) is 39.3 Å². The first-order valence-corrected chi connectivity index (χ1v) is 11.3. The lowest BCUT2D eigenvalue weighted by atomic mass is 9.97. The summed E-state index contributed by atoms with van der Waals surface area (Å²) in [6, 6.07) is 8.06. The third-order valence-corrected chi connectivity index (χ3v) is 6.46. The lowest BCUT2D eigenvalue weighted by molar-refractivity contribution is 0.176. The van der Waals surface area contributed by atoms with Gasteiger partial charge in [0, 0.05) is 37.6 Å². The van der Waals surface area contributed by atoms with Crippen LogP contribution in [-0.2, 0) is 19.5 Å². The van der Waals surface area contributed by atoms with Crippen molar-refractivity contribution in [3.63, 3.8) is 0 Å². The summed E-state index contributed by atoms with van der Waals surface area (Å²) in [5.41, 5.74) is 2.35. The van der Waals surface area contributed by atoms with E-state index < -0.39 is 0 Å². The maximum absolute atomic E-state index is 5.42. The normalized spacial score (nSPS) is 15.5. The molecule has 6 nitrogen and oxygen atoms in total. The van der Waals surface area contributed by atoms with Crippen LogP contribution in [-0.4, -0.2) is 49.6 Å². The molecule has 1 aliphatic heterocycles. The molecule has 30 heavy (non-hydrogen) atoms. The van der Waals surface area contributed by atoms with Gasteiger partial charge in [-0.2, -0.15) is 0 Å². The number of rotatable bonds is 8. The number of benzene rings is 1. The number of aryl methyl sites for hydroxylation is 1. The molecule has 0 spiro atoms. The summed E-state index contributed by atoms with van der Waals surface area (Å²) >= 11 is 1.78. The molecule has 1 saturated heterocycles. The Morgan fingerprint density at radius 1 is 1.27 bits per heavy atom. The number of thiazole rings is 1. The average molecular weight is 544 g/mol. The van der Waals surface area contributed by atoms with E-state index in [9.17, 15) is 0 Å². The molecule has 1 aromatic carbocycles. The van der Waals surface area contributed by atoms with Gasteiger partial charge in [0.15, 0.2) is 5.96 Å². The molecular weight excluding hydrogens is 509 g/mol. The summed E-state index contributed by atoms with van der Waals surface area (Å²) in [7, 11) is 3.52. The second-order valence-electron chi connectivity index (χ2n) is 7.42. The predicted molar refractivity (Wildman–Crippen MR) is 136 cm³/mol. The third kappa shape index (κ3) is 7.39. The molecule has 2 aromatic rings. The van der Waals surface area contributed by atoms with E-state index in [2.05, 4.69) is 38.9 Å². The number of likely N-dealkylation sites (tertiary alicyclic amines) is 1. The molecule has 0 amide bonds. The van der Waals surface area contributed by atoms with E-state index in [0.717, 1.165) is 49.9 Å². The third-order valence-electron chi connectivity index (χ3n) is 5.42. The van der Waals surface area contributed by atoms with Crippen LogP contribution in [0.2, 0.25) is 0 Å². The van der Waals surface area contributed by atoms with Crippen molar-refractivity contribution in [3.05, 3.63) is 45.9 Å². The van der Waals surface area contributed by atoms with Crippen LogP contribution >= 0.6 is 35.3 Å². The van der Waals surface area contributed by atoms with Gasteiger partial charge in [-0.05, 0) is 44.3 Å². The van der Waals surface area contributed by atoms with Gasteiger partial charge in [0.1, 0.15) is 5.75 Å². The lowest BCUT2D eigenvalue weighted by Gasteiger charge is -2.31. The minimum atomic E-state index is 0. The molecule has 1 aromatic heterocycles. The first kappa shape index (κ1) is 24.9. The van der Waals surface area contributed by atoms with E-state index in [0.29, 0.717) is 12.5 Å². The van der Waals surface area contributed by atoms with Crippen LogP contribution in [0.5, 0.6) is 5.75 Å². The van der Waals surface area contributed by atoms with Gasteiger partial charge in [-0.25, -0.2) is 4.98 Å². The Hall–Kier alpha value is -1.39. The zero-order valence-electron chi connectivity index (χ0n) is 18.2. The minimum absolute atomic E-state index is 0. The fourth-order valence-electron chi connectivity index (χ4n) is 3.65. The SMILES string of the molecule is CCc1nc(CN2CCC(CNC(=NC)NCc3ccccc3OC)CC2)cs1.I. The fraction of sp³-hybridized carbons (Fsp3) is 0.545. The van der Waals surface area contributed by atoms with Crippen molar-refractivity contribution >= 4 is 41.3 Å². The largest absolute Gasteiger partial charge is 0.496 e. The summed E-state index contributed by atoms with van der Waals surface area (Å²) in [6.45, 7) is 7.07. The van der Waals surface area contributed by atoms with Gasteiger partial charge in [0.05, 0.1) is 17.8 Å². The summed E-state index contributed by atoms with van der Waals surface area (Å²) < 4.78 is 5.42. The van der Waals surface area contributed by atoms with E-state index in [1.807, 2.05) is 25.2 Å². The molecule has 2 heterocycles. The zero-order valence-corrected chi connectivity index (χ0v) is 21.3. The van der Waals surface area contributed by atoms with E-state index in [4.69, 9.17) is 9.72 Å². The van der Waals surface area contributed by atoms with Gasteiger partial charge in [-0.1, -0.05) is 25.1 Å². The molecule has 0 saturated carbocycles. The summed E-state index contributed by atoms with van der Waals surface area (Å²) in [6.07, 6.45) is 3.45. The number of hydrogen-bond acceptors (Lipinski definition) is 5. The highest BCUT2D eigenvalue weighted by Gasteiger charge is 2.20. The molecule has 1 fully saturated rings. The van der Waals surface area contributed by atoms with Gasteiger partial charge < -0.3 is 15.4 Å². The summed E-state index contributed by atoms with van der Waals surface area (Å²) in [5, 5.41) is 10.3. The predicted octanol–water partition coefficient (Wildman–Crippen LogP) is 3.91. The number of methoxy groups -OCH3 is 1. The number of halogens is 1. The van der Waals surface area contributed by atoms with Crippen LogP contribution < -0.4 is 15.4 Å². The van der Waals surface area contributed by atoms with E-state index in [1.54, 1.807) is 18.4 Å². The van der Waals surface area contributed by atoms with Crippen molar-refractivity contribution in [3.8, 4) is 5.75 Å². The maximum Gasteiger partial charge on any atom is 0.191 e. The Morgan fingerprint density at radius 3 is 2.70 bits per heavy atom. The molecular formula is C22H34IN5OS. The van der Waals surface area contributed by atoms with Gasteiger partial charge in [0.2, 0.25) is 0 Å². The van der Waals surface area contributed by atoms with Crippen LogP contribution in [0.3, 0.4) is 0 Å². The van der Waals surface area contributed by atoms with E-state index in [1.165, 1.54) is 23.5 Å². The zero-order chi connectivity index (χ0) is 20.5. The topological polar surface area (TPSA) is 61.8 Å². The highest BCUT2D eigenvalue weighted by Crippen LogP contribution is 2.20. The first-order valence-electron chi connectivity index (χ1n) is 10.4. The molecule has 0 radical (unpaired) electrons. The first-order chi connectivity index (χ1) is 14.2. The number of aliphatic imine (C=N–C) groups is 1. The monoisotopic (exact) mass is 543 g/mol. The molecule has 3 rings (SSSR count). The van der Waals surface area contributed by atoms with Crippen LogP contribution in [0.1, 0.15) is 36.0 Å². The number of guanidine groups is 1. The van der Waals surface area contributed by atoms with Crippen molar-refractivity contribution in [1.29, 1.82) is 0 Å². The molecule has 0 aliphatic carbocycles. The molecule has 0 unspecified atom stereocenters. The Balaban J connectivity index is 0.00000320.